The average molecular weight is 426 g/mol. The van der Waals surface area contributed by atoms with Crippen molar-refractivity contribution >= 4 is 17.3 Å². The Morgan fingerprint density at radius 2 is 2.03 bits per heavy atom. The fourth-order valence-electron chi connectivity index (χ4n) is 2.92. The number of thiophene rings is 1. The summed E-state index contributed by atoms with van der Waals surface area (Å²) in [5.74, 6) is 1.47. The maximum atomic E-state index is 12.8. The van der Waals surface area contributed by atoms with Crippen molar-refractivity contribution in [1.82, 2.24) is 15.5 Å². The number of ether oxygens (including phenoxy) is 3. The minimum atomic E-state index is -2.93. The van der Waals surface area contributed by atoms with Gasteiger partial charge in [0.25, 0.3) is 0 Å². The molecule has 2 N–H and O–H groups in total. The van der Waals surface area contributed by atoms with Crippen molar-refractivity contribution in [3.8, 4) is 17.2 Å². The molecule has 158 valence electrons. The summed E-state index contributed by atoms with van der Waals surface area (Å²) in [4.78, 5) is 7.57. The summed E-state index contributed by atoms with van der Waals surface area (Å²) in [5.41, 5.74) is 0.514. The Morgan fingerprint density at radius 3 is 2.66 bits per heavy atom. The van der Waals surface area contributed by atoms with E-state index in [1.165, 1.54) is 10.9 Å². The topological polar surface area (TPSA) is 67.4 Å². The molecule has 1 aromatic carbocycles. The molecule has 1 unspecified atom stereocenters. The van der Waals surface area contributed by atoms with Crippen LogP contribution in [0.4, 0.5) is 8.78 Å². The second-order valence-corrected chi connectivity index (χ2v) is 7.47. The predicted molar refractivity (Wildman–Crippen MR) is 108 cm³/mol. The number of benzene rings is 1. The molecule has 7 nitrogen and oxygen atoms in total. The SMILES string of the molecule is CN=C(NCc1cc2c(cc1OC(F)F)OCO2)NCC(c1cccs1)N(C)C. The van der Waals surface area contributed by atoms with E-state index in [9.17, 15) is 8.78 Å². The summed E-state index contributed by atoms with van der Waals surface area (Å²) in [6.07, 6.45) is 0. The molecule has 1 aromatic heterocycles. The normalized spacial score (nSPS) is 14.4. The summed E-state index contributed by atoms with van der Waals surface area (Å²) in [6.45, 7) is -2.02. The number of hydrogen-bond acceptors (Lipinski definition) is 6. The largest absolute Gasteiger partial charge is 0.454 e. The molecule has 1 aliphatic heterocycles. The lowest BCUT2D eigenvalue weighted by Crippen LogP contribution is -2.41. The zero-order valence-electron chi connectivity index (χ0n) is 16.4. The van der Waals surface area contributed by atoms with Crippen LogP contribution in [0.15, 0.2) is 34.6 Å². The highest BCUT2D eigenvalue weighted by atomic mass is 32.1. The Bertz CT molecular complexity index is 831. The summed E-state index contributed by atoms with van der Waals surface area (Å²) in [5, 5.41) is 8.46. The van der Waals surface area contributed by atoms with Crippen LogP contribution in [-0.2, 0) is 6.54 Å². The highest BCUT2D eigenvalue weighted by molar-refractivity contribution is 7.10. The van der Waals surface area contributed by atoms with Gasteiger partial charge in [0.05, 0.1) is 6.04 Å². The Morgan fingerprint density at radius 1 is 1.28 bits per heavy atom. The molecule has 0 aliphatic carbocycles. The van der Waals surface area contributed by atoms with Gasteiger partial charge in [0.15, 0.2) is 17.5 Å². The number of fused-ring (bicyclic) bond motifs is 1. The number of likely N-dealkylation sites (N-methyl/N-ethyl adjacent to an activating group) is 1. The van der Waals surface area contributed by atoms with Crippen LogP contribution in [0.5, 0.6) is 17.2 Å². The molecule has 0 saturated carbocycles. The van der Waals surface area contributed by atoms with Gasteiger partial charge in [0.2, 0.25) is 6.79 Å². The van der Waals surface area contributed by atoms with Crippen molar-refractivity contribution in [2.75, 3.05) is 34.5 Å². The van der Waals surface area contributed by atoms with Gasteiger partial charge in [-0.3, -0.25) is 4.99 Å². The lowest BCUT2D eigenvalue weighted by molar-refractivity contribution is -0.0505. The average Bonchev–Trinajstić information content (AvgIpc) is 3.35. The van der Waals surface area contributed by atoms with Gasteiger partial charge in [-0.1, -0.05) is 6.07 Å². The van der Waals surface area contributed by atoms with E-state index >= 15 is 0 Å². The van der Waals surface area contributed by atoms with E-state index in [2.05, 4.69) is 31.3 Å². The first-order valence-corrected chi connectivity index (χ1v) is 9.87. The molecule has 2 aromatic rings. The molecular formula is C19H24F2N4O3S. The van der Waals surface area contributed by atoms with E-state index < -0.39 is 6.61 Å². The number of halogens is 2. The maximum Gasteiger partial charge on any atom is 0.387 e. The first-order chi connectivity index (χ1) is 14.0. The van der Waals surface area contributed by atoms with Crippen LogP contribution in [0.2, 0.25) is 0 Å². The van der Waals surface area contributed by atoms with Crippen LogP contribution in [0.1, 0.15) is 16.5 Å². The van der Waals surface area contributed by atoms with Gasteiger partial charge >= 0.3 is 6.61 Å². The van der Waals surface area contributed by atoms with E-state index in [1.807, 2.05) is 25.5 Å². The third-order valence-corrected chi connectivity index (χ3v) is 5.37. The number of rotatable bonds is 8. The van der Waals surface area contributed by atoms with Crippen LogP contribution in [-0.4, -0.2) is 52.0 Å². The number of nitrogens with zero attached hydrogens (tertiary/aromatic N) is 2. The molecular weight excluding hydrogens is 402 g/mol. The second kappa shape index (κ2) is 9.75. The minimum Gasteiger partial charge on any atom is -0.454 e. The maximum absolute atomic E-state index is 12.8. The highest BCUT2D eigenvalue weighted by Gasteiger charge is 2.20. The van der Waals surface area contributed by atoms with Gasteiger partial charge in [-0.15, -0.1) is 11.3 Å². The van der Waals surface area contributed by atoms with Crippen molar-refractivity contribution in [3.05, 3.63) is 40.1 Å². The lowest BCUT2D eigenvalue weighted by atomic mass is 10.1. The van der Waals surface area contributed by atoms with Crippen LogP contribution >= 0.6 is 11.3 Å². The number of alkyl halides is 2. The quantitative estimate of drug-likeness (QED) is 0.500. The summed E-state index contributed by atoms with van der Waals surface area (Å²) >= 11 is 1.69. The predicted octanol–water partition coefficient (Wildman–Crippen LogP) is 3.05. The van der Waals surface area contributed by atoms with Crippen molar-refractivity contribution in [3.63, 3.8) is 0 Å². The molecule has 0 radical (unpaired) electrons. The van der Waals surface area contributed by atoms with Crippen LogP contribution in [0.25, 0.3) is 0 Å². The molecule has 2 heterocycles. The molecule has 10 heteroatoms. The zero-order chi connectivity index (χ0) is 20.8. The Balaban J connectivity index is 1.65. The molecule has 0 spiro atoms. The van der Waals surface area contributed by atoms with E-state index in [0.29, 0.717) is 29.6 Å². The van der Waals surface area contributed by atoms with E-state index in [4.69, 9.17) is 9.47 Å². The Labute approximate surface area is 172 Å². The number of hydrogen-bond donors (Lipinski definition) is 2. The van der Waals surface area contributed by atoms with Crippen LogP contribution in [0.3, 0.4) is 0 Å². The molecule has 0 amide bonds. The summed E-state index contributed by atoms with van der Waals surface area (Å²) in [6, 6.07) is 7.34. The lowest BCUT2D eigenvalue weighted by Gasteiger charge is -2.24. The zero-order valence-corrected chi connectivity index (χ0v) is 17.3. The van der Waals surface area contributed by atoms with Crippen LogP contribution < -0.4 is 24.8 Å². The number of guanidine groups is 1. The van der Waals surface area contributed by atoms with Crippen molar-refractivity contribution < 1.29 is 23.0 Å². The van der Waals surface area contributed by atoms with Crippen LogP contribution in [0, 0.1) is 0 Å². The second-order valence-electron chi connectivity index (χ2n) is 6.49. The van der Waals surface area contributed by atoms with Gasteiger partial charge < -0.3 is 29.7 Å². The third kappa shape index (κ3) is 5.48. The van der Waals surface area contributed by atoms with Gasteiger partial charge in [0, 0.05) is 36.6 Å². The summed E-state index contributed by atoms with van der Waals surface area (Å²) in [7, 11) is 5.69. The standard InChI is InChI=1S/C19H24F2N4O3S/c1-22-19(24-10-13(25(2)3)17-5-4-6-29-17)23-9-12-7-15-16(27-11-26-15)8-14(12)28-18(20)21/h4-8,13,18H,9-11H2,1-3H3,(H2,22,23,24). The minimum absolute atomic E-state index is 0.0388. The van der Waals surface area contributed by atoms with Gasteiger partial charge in [-0.25, -0.2) is 0 Å². The Hall–Kier alpha value is -2.59. The summed E-state index contributed by atoms with van der Waals surface area (Å²) < 4.78 is 40.8. The van der Waals surface area contributed by atoms with Gasteiger partial charge in [-0.05, 0) is 31.6 Å². The fourth-order valence-corrected chi connectivity index (χ4v) is 3.84. The smallest absolute Gasteiger partial charge is 0.387 e. The third-order valence-electron chi connectivity index (χ3n) is 4.40. The molecule has 1 atom stereocenters. The number of nitrogens with one attached hydrogen (secondary N) is 2. The van der Waals surface area contributed by atoms with Gasteiger partial charge in [0.1, 0.15) is 5.75 Å². The molecule has 0 saturated heterocycles. The fraction of sp³-hybridized carbons (Fsp3) is 0.421. The van der Waals surface area contributed by atoms with Gasteiger partial charge in [-0.2, -0.15) is 8.78 Å². The highest BCUT2D eigenvalue weighted by Crippen LogP contribution is 2.38. The first kappa shape index (κ1) is 21.1. The number of aliphatic imine (C=N–C) groups is 1. The van der Waals surface area contributed by atoms with Crippen molar-refractivity contribution in [2.24, 2.45) is 4.99 Å². The van der Waals surface area contributed by atoms with Crippen molar-refractivity contribution in [2.45, 2.75) is 19.2 Å². The van der Waals surface area contributed by atoms with E-state index in [-0.39, 0.29) is 25.1 Å². The van der Waals surface area contributed by atoms with Crippen molar-refractivity contribution in [1.29, 1.82) is 0 Å². The Kier molecular flexibility index (Phi) is 7.10. The molecule has 1 aliphatic rings. The first-order valence-electron chi connectivity index (χ1n) is 8.99. The van der Waals surface area contributed by atoms with E-state index in [0.717, 1.165) is 0 Å². The molecule has 0 fully saturated rings. The monoisotopic (exact) mass is 426 g/mol. The molecule has 3 rings (SSSR count). The molecule has 0 bridgehead atoms. The van der Waals surface area contributed by atoms with E-state index in [1.54, 1.807) is 24.5 Å². The molecule has 29 heavy (non-hydrogen) atoms.